The van der Waals surface area contributed by atoms with E-state index >= 15 is 0 Å². The Morgan fingerprint density at radius 1 is 1.29 bits per heavy atom. The van der Waals surface area contributed by atoms with Crippen LogP contribution in [0, 0.1) is 0 Å². The number of carbonyl (C=O) groups is 1. The lowest BCUT2D eigenvalue weighted by Crippen LogP contribution is -2.42. The molecule has 1 aliphatic heterocycles. The number of guanidine groups is 1. The number of aliphatic imine (C=N–C) groups is 1. The number of nitrogens with one attached hydrogen (secondary N) is 3. The lowest BCUT2D eigenvalue weighted by molar-refractivity contribution is 0.0168. The maximum absolute atomic E-state index is 12.1. The first-order chi connectivity index (χ1) is 13.2. The van der Waals surface area contributed by atoms with Crippen molar-refractivity contribution in [2.45, 2.75) is 25.4 Å². The third-order valence-electron chi connectivity index (χ3n) is 4.10. The van der Waals surface area contributed by atoms with Crippen molar-refractivity contribution in [1.29, 1.82) is 0 Å². The van der Waals surface area contributed by atoms with Crippen LogP contribution in [0.4, 0.5) is 0 Å². The molecule has 28 heavy (non-hydrogen) atoms. The second-order valence-electron chi connectivity index (χ2n) is 6.26. The summed E-state index contributed by atoms with van der Waals surface area (Å²) in [7, 11) is 1.73. The summed E-state index contributed by atoms with van der Waals surface area (Å²) in [6.45, 7) is 4.12. The molecule has 1 unspecified atom stereocenters. The summed E-state index contributed by atoms with van der Waals surface area (Å²) < 4.78 is 12.0. The van der Waals surface area contributed by atoms with E-state index in [4.69, 9.17) is 9.47 Å². The van der Waals surface area contributed by atoms with Gasteiger partial charge in [-0.1, -0.05) is 22.0 Å². The highest BCUT2D eigenvalue weighted by Crippen LogP contribution is 2.12. The van der Waals surface area contributed by atoms with E-state index in [9.17, 15) is 4.79 Å². The van der Waals surface area contributed by atoms with E-state index in [-0.39, 0.29) is 36.0 Å². The van der Waals surface area contributed by atoms with Gasteiger partial charge in [-0.3, -0.25) is 9.79 Å². The third-order valence-corrected chi connectivity index (χ3v) is 4.59. The Labute approximate surface area is 192 Å². The number of amides is 1. The number of ether oxygens (including phenoxy) is 2. The number of hydrogen-bond acceptors (Lipinski definition) is 4. The zero-order valence-corrected chi connectivity index (χ0v) is 20.1. The Morgan fingerprint density at radius 3 is 2.79 bits per heavy atom. The Kier molecular flexibility index (Phi) is 13.5. The monoisotopic (exact) mass is 568 g/mol. The average Bonchev–Trinajstić information content (AvgIpc) is 3.19. The molecular formula is C19H30BrIN4O3. The third kappa shape index (κ3) is 10.0. The molecule has 0 aromatic heterocycles. The maximum Gasteiger partial charge on any atom is 0.251 e. The van der Waals surface area contributed by atoms with Crippen molar-refractivity contribution in [3.63, 3.8) is 0 Å². The van der Waals surface area contributed by atoms with Crippen LogP contribution in [0.15, 0.2) is 33.7 Å². The zero-order chi connectivity index (χ0) is 19.3. The van der Waals surface area contributed by atoms with Crippen LogP contribution >= 0.6 is 39.9 Å². The fourth-order valence-electron chi connectivity index (χ4n) is 2.68. The van der Waals surface area contributed by atoms with Crippen molar-refractivity contribution in [2.75, 3.05) is 46.5 Å². The molecule has 1 fully saturated rings. The van der Waals surface area contributed by atoms with Crippen molar-refractivity contribution in [3.8, 4) is 0 Å². The van der Waals surface area contributed by atoms with Crippen LogP contribution < -0.4 is 16.0 Å². The van der Waals surface area contributed by atoms with Gasteiger partial charge < -0.3 is 25.4 Å². The van der Waals surface area contributed by atoms with E-state index in [0.29, 0.717) is 37.8 Å². The van der Waals surface area contributed by atoms with Crippen molar-refractivity contribution < 1.29 is 14.3 Å². The van der Waals surface area contributed by atoms with E-state index in [1.807, 2.05) is 12.1 Å². The first kappa shape index (κ1) is 25.1. The van der Waals surface area contributed by atoms with Gasteiger partial charge in [-0.25, -0.2) is 0 Å². The molecule has 3 N–H and O–H groups in total. The van der Waals surface area contributed by atoms with Gasteiger partial charge in [-0.2, -0.15) is 0 Å². The molecule has 0 radical (unpaired) electrons. The molecule has 1 amide bonds. The van der Waals surface area contributed by atoms with E-state index in [1.165, 1.54) is 0 Å². The van der Waals surface area contributed by atoms with E-state index in [1.54, 1.807) is 19.2 Å². The second-order valence-corrected chi connectivity index (χ2v) is 7.17. The fourth-order valence-corrected chi connectivity index (χ4v) is 3.08. The lowest BCUT2D eigenvalue weighted by atomic mass is 10.2. The van der Waals surface area contributed by atoms with Crippen molar-refractivity contribution >= 4 is 51.8 Å². The highest BCUT2D eigenvalue weighted by Gasteiger charge is 2.14. The first-order valence-electron chi connectivity index (χ1n) is 9.36. The first-order valence-corrected chi connectivity index (χ1v) is 10.2. The average molecular weight is 569 g/mol. The van der Waals surface area contributed by atoms with Crippen LogP contribution in [0.3, 0.4) is 0 Å². The summed E-state index contributed by atoms with van der Waals surface area (Å²) >= 11 is 3.37. The highest BCUT2D eigenvalue weighted by molar-refractivity contribution is 14.0. The number of benzene rings is 1. The summed E-state index contributed by atoms with van der Waals surface area (Å²) in [6, 6.07) is 7.31. The Hall–Kier alpha value is -0.910. The van der Waals surface area contributed by atoms with Crippen LogP contribution in [0.25, 0.3) is 0 Å². The number of carbonyl (C=O) groups excluding carboxylic acids is 1. The molecule has 0 aliphatic carbocycles. The maximum atomic E-state index is 12.1. The van der Waals surface area contributed by atoms with Crippen LogP contribution in [0.1, 0.15) is 29.6 Å². The highest BCUT2D eigenvalue weighted by atomic mass is 127. The van der Waals surface area contributed by atoms with Crippen molar-refractivity contribution in [3.05, 3.63) is 34.3 Å². The van der Waals surface area contributed by atoms with Gasteiger partial charge in [0.25, 0.3) is 5.91 Å². The number of nitrogens with zero attached hydrogens (tertiary/aromatic N) is 1. The zero-order valence-electron chi connectivity index (χ0n) is 16.2. The SMILES string of the molecule is CN=C(NCCCOCC1CCCO1)NCCNC(=O)c1cccc(Br)c1.I. The van der Waals surface area contributed by atoms with Crippen molar-refractivity contribution in [1.82, 2.24) is 16.0 Å². The molecule has 9 heteroatoms. The van der Waals surface area contributed by atoms with E-state index in [2.05, 4.69) is 36.9 Å². The van der Waals surface area contributed by atoms with Gasteiger partial charge >= 0.3 is 0 Å². The Bertz CT molecular complexity index is 613. The Balaban J connectivity index is 0.00000392. The normalized spacial score (nSPS) is 16.4. The molecule has 1 aromatic carbocycles. The summed E-state index contributed by atoms with van der Waals surface area (Å²) in [6.07, 6.45) is 3.42. The number of rotatable bonds is 10. The summed E-state index contributed by atoms with van der Waals surface area (Å²) in [5.41, 5.74) is 0.634. The van der Waals surface area contributed by atoms with Gasteiger partial charge in [0.05, 0.1) is 12.7 Å². The largest absolute Gasteiger partial charge is 0.379 e. The molecule has 1 aliphatic rings. The van der Waals surface area contributed by atoms with Gasteiger partial charge in [-0.15, -0.1) is 24.0 Å². The van der Waals surface area contributed by atoms with E-state index < -0.39 is 0 Å². The minimum absolute atomic E-state index is 0. The molecule has 0 bridgehead atoms. The summed E-state index contributed by atoms with van der Waals surface area (Å²) in [4.78, 5) is 16.2. The second kappa shape index (κ2) is 15.0. The van der Waals surface area contributed by atoms with Gasteiger partial charge in [0.15, 0.2) is 5.96 Å². The quantitative estimate of drug-likeness (QED) is 0.175. The molecule has 1 heterocycles. The molecule has 2 rings (SSSR count). The van der Waals surface area contributed by atoms with Crippen LogP contribution in [0.2, 0.25) is 0 Å². The van der Waals surface area contributed by atoms with E-state index in [0.717, 1.165) is 36.9 Å². The lowest BCUT2D eigenvalue weighted by Gasteiger charge is -2.13. The number of hydrogen-bond donors (Lipinski definition) is 3. The summed E-state index contributed by atoms with van der Waals surface area (Å²) in [5, 5.41) is 9.29. The molecule has 158 valence electrons. The molecule has 0 saturated carbocycles. The van der Waals surface area contributed by atoms with Crippen LogP contribution in [0.5, 0.6) is 0 Å². The standard InChI is InChI=1S/C19H29BrN4O3.HI/c1-21-19(23-8-4-11-26-14-17-7-3-12-27-17)24-10-9-22-18(25)15-5-2-6-16(20)13-15;/h2,5-6,13,17H,3-4,7-12,14H2,1H3,(H,22,25)(H2,21,23,24);1H. The molecular weight excluding hydrogens is 539 g/mol. The van der Waals surface area contributed by atoms with Gasteiger partial charge in [0, 0.05) is 49.9 Å². The molecule has 1 aromatic rings. The predicted molar refractivity (Wildman–Crippen MR) is 126 cm³/mol. The Morgan fingerprint density at radius 2 is 2.07 bits per heavy atom. The number of halogens is 2. The van der Waals surface area contributed by atoms with Crippen LogP contribution in [-0.2, 0) is 9.47 Å². The molecule has 0 spiro atoms. The smallest absolute Gasteiger partial charge is 0.251 e. The molecule has 1 atom stereocenters. The minimum Gasteiger partial charge on any atom is -0.379 e. The topological polar surface area (TPSA) is 84.0 Å². The molecule has 7 nitrogen and oxygen atoms in total. The molecule has 1 saturated heterocycles. The summed E-state index contributed by atoms with van der Waals surface area (Å²) in [5.74, 6) is 0.621. The van der Waals surface area contributed by atoms with Crippen molar-refractivity contribution in [2.24, 2.45) is 4.99 Å². The fraction of sp³-hybridized carbons (Fsp3) is 0.579. The van der Waals surface area contributed by atoms with Gasteiger partial charge in [-0.05, 0) is 37.5 Å². The van der Waals surface area contributed by atoms with Gasteiger partial charge in [0.2, 0.25) is 0 Å². The van der Waals surface area contributed by atoms with Crippen LogP contribution in [-0.4, -0.2) is 64.5 Å². The minimum atomic E-state index is -0.0931. The predicted octanol–water partition coefficient (Wildman–Crippen LogP) is 2.55. The van der Waals surface area contributed by atoms with Gasteiger partial charge in [0.1, 0.15) is 0 Å².